The quantitative estimate of drug-likeness (QED) is 0.730. The molecule has 0 bridgehead atoms. The van der Waals surface area contributed by atoms with Crippen LogP contribution < -0.4 is 0 Å². The maximum absolute atomic E-state index is 12.8. The highest BCUT2D eigenvalue weighted by Gasteiger charge is 2.43. The van der Waals surface area contributed by atoms with Crippen LogP contribution in [0.5, 0.6) is 0 Å². The molecule has 122 valence electrons. The van der Waals surface area contributed by atoms with Crippen molar-refractivity contribution in [1.82, 2.24) is 4.90 Å². The molecule has 1 saturated carbocycles. The zero-order valence-electron chi connectivity index (χ0n) is 13.4. The maximum Gasteiger partial charge on any atom is 0.307 e. The summed E-state index contributed by atoms with van der Waals surface area (Å²) in [5.74, 6) is -1.71. The molecule has 1 amide bonds. The van der Waals surface area contributed by atoms with Crippen molar-refractivity contribution >= 4 is 11.9 Å². The van der Waals surface area contributed by atoms with Gasteiger partial charge in [0.1, 0.15) is 0 Å². The zero-order valence-corrected chi connectivity index (χ0v) is 13.4. The van der Waals surface area contributed by atoms with Crippen LogP contribution in [0.15, 0.2) is 0 Å². The molecule has 0 heterocycles. The Hall–Kier alpha value is -1.14. The summed E-state index contributed by atoms with van der Waals surface area (Å²) in [4.78, 5) is 25.9. The van der Waals surface area contributed by atoms with Gasteiger partial charge in [0, 0.05) is 20.8 Å². The molecule has 0 aliphatic heterocycles. The number of hydrogen-bond acceptors (Lipinski definition) is 4. The van der Waals surface area contributed by atoms with E-state index in [9.17, 15) is 14.7 Å². The smallest absolute Gasteiger partial charge is 0.307 e. The van der Waals surface area contributed by atoms with E-state index < -0.39 is 17.8 Å². The van der Waals surface area contributed by atoms with E-state index in [4.69, 9.17) is 9.47 Å². The fourth-order valence-electron chi connectivity index (χ4n) is 3.12. The average molecular weight is 301 g/mol. The predicted octanol–water partition coefficient (Wildman–Crippen LogP) is 1.24. The van der Waals surface area contributed by atoms with Gasteiger partial charge < -0.3 is 19.5 Å². The summed E-state index contributed by atoms with van der Waals surface area (Å²) in [6.45, 7) is 5.22. The summed E-state index contributed by atoms with van der Waals surface area (Å²) >= 11 is 0. The second kappa shape index (κ2) is 8.34. The molecule has 1 aliphatic carbocycles. The second-order valence-electron chi connectivity index (χ2n) is 5.96. The first-order chi connectivity index (χ1) is 9.92. The van der Waals surface area contributed by atoms with Gasteiger partial charge in [-0.3, -0.25) is 9.59 Å². The summed E-state index contributed by atoms with van der Waals surface area (Å²) < 4.78 is 10.2. The molecule has 6 nitrogen and oxygen atoms in total. The van der Waals surface area contributed by atoms with Crippen LogP contribution in [0.2, 0.25) is 0 Å². The number of carboxylic acid groups (broad SMARTS) is 1. The van der Waals surface area contributed by atoms with Crippen molar-refractivity contribution in [2.24, 2.45) is 17.8 Å². The van der Waals surface area contributed by atoms with Crippen LogP contribution in [0.1, 0.15) is 26.7 Å². The van der Waals surface area contributed by atoms with Crippen LogP contribution in [0, 0.1) is 17.8 Å². The van der Waals surface area contributed by atoms with E-state index in [1.807, 2.05) is 13.8 Å². The maximum atomic E-state index is 12.8. The molecule has 0 radical (unpaired) electrons. The van der Waals surface area contributed by atoms with E-state index in [0.29, 0.717) is 32.6 Å². The summed E-state index contributed by atoms with van der Waals surface area (Å²) in [5, 5.41) is 9.33. The topological polar surface area (TPSA) is 76.1 Å². The summed E-state index contributed by atoms with van der Waals surface area (Å²) in [6, 6.07) is -0.0944. The first-order valence-corrected chi connectivity index (χ1v) is 7.43. The van der Waals surface area contributed by atoms with E-state index in [-0.39, 0.29) is 17.9 Å². The summed E-state index contributed by atoms with van der Waals surface area (Å²) in [6.07, 6.45) is 1.21. The monoisotopic (exact) mass is 301 g/mol. The molecule has 4 atom stereocenters. The number of nitrogens with zero attached hydrogens (tertiary/aromatic N) is 1. The third kappa shape index (κ3) is 4.68. The highest BCUT2D eigenvalue weighted by molar-refractivity contribution is 5.85. The molecule has 0 aromatic carbocycles. The second-order valence-corrected chi connectivity index (χ2v) is 5.96. The van der Waals surface area contributed by atoms with Crippen molar-refractivity contribution in [2.45, 2.75) is 32.7 Å². The Kier molecular flexibility index (Phi) is 7.11. The first-order valence-electron chi connectivity index (χ1n) is 7.43. The largest absolute Gasteiger partial charge is 0.481 e. The SMILES string of the molecule is COCCN(C(=O)[C@H]1CC(C)C[C@H]1C(=O)O)C(C)COC. The standard InChI is InChI=1S/C15H27NO5/c1-10-7-12(13(8-10)15(18)19)14(17)16(5-6-20-3)11(2)9-21-4/h10-13H,5-9H2,1-4H3,(H,18,19)/t10?,11?,12-,13+/m0/s1. The minimum Gasteiger partial charge on any atom is -0.481 e. The van der Waals surface area contributed by atoms with Crippen LogP contribution in [-0.2, 0) is 19.1 Å². The highest BCUT2D eigenvalue weighted by Crippen LogP contribution is 2.37. The lowest BCUT2D eigenvalue weighted by atomic mass is 9.94. The average Bonchev–Trinajstić information content (AvgIpc) is 2.81. The van der Waals surface area contributed by atoms with Crippen molar-refractivity contribution in [3.8, 4) is 0 Å². The lowest BCUT2D eigenvalue weighted by Crippen LogP contribution is -2.47. The molecule has 1 N–H and O–H groups in total. The molecular weight excluding hydrogens is 274 g/mol. The lowest BCUT2D eigenvalue weighted by Gasteiger charge is -2.32. The molecule has 2 unspecified atom stereocenters. The van der Waals surface area contributed by atoms with Gasteiger partial charge in [0.25, 0.3) is 0 Å². The highest BCUT2D eigenvalue weighted by atomic mass is 16.5. The van der Waals surface area contributed by atoms with E-state index >= 15 is 0 Å². The Bertz CT molecular complexity index is 360. The lowest BCUT2D eigenvalue weighted by molar-refractivity contribution is -0.150. The van der Waals surface area contributed by atoms with E-state index in [2.05, 4.69) is 0 Å². The van der Waals surface area contributed by atoms with Crippen LogP contribution >= 0.6 is 0 Å². The van der Waals surface area contributed by atoms with Crippen molar-refractivity contribution in [3.05, 3.63) is 0 Å². The number of aliphatic carboxylic acids is 1. The van der Waals surface area contributed by atoms with Crippen molar-refractivity contribution in [1.29, 1.82) is 0 Å². The molecule has 0 spiro atoms. The van der Waals surface area contributed by atoms with Crippen molar-refractivity contribution in [3.63, 3.8) is 0 Å². The van der Waals surface area contributed by atoms with Gasteiger partial charge in [0.05, 0.1) is 31.1 Å². The minimum absolute atomic E-state index is 0.0895. The van der Waals surface area contributed by atoms with Gasteiger partial charge in [-0.15, -0.1) is 0 Å². The Morgan fingerprint density at radius 2 is 1.86 bits per heavy atom. The number of carbonyl (C=O) groups excluding carboxylic acids is 1. The Morgan fingerprint density at radius 3 is 2.38 bits per heavy atom. The van der Waals surface area contributed by atoms with Crippen molar-refractivity contribution < 1.29 is 24.2 Å². The summed E-state index contributed by atoms with van der Waals surface area (Å²) in [7, 11) is 3.18. The zero-order chi connectivity index (χ0) is 16.0. The molecule has 0 saturated heterocycles. The fourth-order valence-corrected chi connectivity index (χ4v) is 3.12. The number of hydrogen-bond donors (Lipinski definition) is 1. The van der Waals surface area contributed by atoms with Gasteiger partial charge >= 0.3 is 5.97 Å². The van der Waals surface area contributed by atoms with E-state index in [1.54, 1.807) is 19.1 Å². The Balaban J connectivity index is 2.84. The van der Waals surface area contributed by atoms with Gasteiger partial charge in [0.15, 0.2) is 0 Å². The van der Waals surface area contributed by atoms with Crippen molar-refractivity contribution in [2.75, 3.05) is 34.0 Å². The molecule has 21 heavy (non-hydrogen) atoms. The van der Waals surface area contributed by atoms with Gasteiger partial charge in [-0.1, -0.05) is 6.92 Å². The fraction of sp³-hybridized carbons (Fsp3) is 0.867. The van der Waals surface area contributed by atoms with Crippen LogP contribution in [0.25, 0.3) is 0 Å². The predicted molar refractivity (Wildman–Crippen MR) is 77.9 cm³/mol. The van der Waals surface area contributed by atoms with Gasteiger partial charge in [0.2, 0.25) is 5.91 Å². The molecule has 1 fully saturated rings. The van der Waals surface area contributed by atoms with E-state index in [1.165, 1.54) is 0 Å². The van der Waals surface area contributed by atoms with Gasteiger partial charge in [-0.05, 0) is 25.7 Å². The van der Waals surface area contributed by atoms with Gasteiger partial charge in [-0.25, -0.2) is 0 Å². The molecular formula is C15H27NO5. The van der Waals surface area contributed by atoms with Crippen LogP contribution in [0.4, 0.5) is 0 Å². The molecule has 1 aliphatic rings. The van der Waals surface area contributed by atoms with E-state index in [0.717, 1.165) is 0 Å². The van der Waals surface area contributed by atoms with Crippen LogP contribution in [0.3, 0.4) is 0 Å². The molecule has 6 heteroatoms. The normalized spacial score (nSPS) is 26.6. The number of amides is 1. The molecule has 0 aromatic rings. The third-order valence-electron chi connectivity index (χ3n) is 4.19. The minimum atomic E-state index is -0.871. The third-order valence-corrected chi connectivity index (χ3v) is 4.19. The van der Waals surface area contributed by atoms with Crippen LogP contribution in [-0.4, -0.2) is 61.9 Å². The van der Waals surface area contributed by atoms with Gasteiger partial charge in [-0.2, -0.15) is 0 Å². The molecule has 0 aromatic heterocycles. The number of ether oxygens (including phenoxy) is 2. The Morgan fingerprint density at radius 1 is 1.24 bits per heavy atom. The number of carboxylic acids is 1. The number of methoxy groups -OCH3 is 2. The summed E-state index contributed by atoms with van der Waals surface area (Å²) in [5.41, 5.74) is 0. The number of rotatable bonds is 8. The number of carbonyl (C=O) groups is 2. The molecule has 1 rings (SSSR count). The Labute approximate surface area is 126 Å². The first kappa shape index (κ1) is 17.9.